The van der Waals surface area contributed by atoms with Crippen LogP contribution < -0.4 is 5.73 Å². The third kappa shape index (κ3) is 1.47. The number of benzene rings is 2. The van der Waals surface area contributed by atoms with Gasteiger partial charge in [-0.2, -0.15) is 0 Å². The average Bonchev–Trinajstić information content (AvgIpc) is 2.25. The van der Waals surface area contributed by atoms with Crippen LogP contribution in [-0.2, 0) is 0 Å². The summed E-state index contributed by atoms with van der Waals surface area (Å²) in [5.41, 5.74) is 10.2. The molecule has 84 valence electrons. The van der Waals surface area contributed by atoms with E-state index >= 15 is 0 Å². The second-order valence-electron chi connectivity index (χ2n) is 3.90. The Morgan fingerprint density at radius 2 is 1.82 bits per heavy atom. The number of rotatable bonds is 1. The van der Waals surface area contributed by atoms with Crippen LogP contribution in [0.1, 0.15) is 10.4 Å². The van der Waals surface area contributed by atoms with E-state index in [9.17, 15) is 4.79 Å². The lowest BCUT2D eigenvalue weighted by atomic mass is 9.78. The number of fused-ring (bicyclic) bond motifs is 4. The molecule has 17 heavy (non-hydrogen) atoms. The first kappa shape index (κ1) is 11.0. The van der Waals surface area contributed by atoms with Crippen molar-refractivity contribution in [2.24, 2.45) is 5.73 Å². The minimum atomic E-state index is -0.395. The monoisotopic (exact) mass is 351 g/mol. The average molecular weight is 353 g/mol. The van der Waals surface area contributed by atoms with E-state index < -0.39 is 5.91 Å². The SMILES string of the molecule is NC(=O)c1cc(Br)cc2c1-c1cccc(Br)c1-2. The maximum Gasteiger partial charge on any atom is 0.249 e. The van der Waals surface area contributed by atoms with Crippen molar-refractivity contribution >= 4 is 37.8 Å². The van der Waals surface area contributed by atoms with Gasteiger partial charge in [0.25, 0.3) is 0 Å². The van der Waals surface area contributed by atoms with E-state index in [0.717, 1.165) is 31.2 Å². The molecule has 0 saturated heterocycles. The molecule has 2 nitrogen and oxygen atoms in total. The molecule has 0 atom stereocenters. The van der Waals surface area contributed by atoms with Gasteiger partial charge in [0.05, 0.1) is 0 Å². The summed E-state index contributed by atoms with van der Waals surface area (Å²) in [5, 5.41) is 0. The Kier molecular flexibility index (Phi) is 2.38. The Labute approximate surface area is 115 Å². The van der Waals surface area contributed by atoms with Crippen LogP contribution in [0.4, 0.5) is 0 Å². The van der Waals surface area contributed by atoms with Crippen molar-refractivity contribution < 1.29 is 4.79 Å². The first-order chi connectivity index (χ1) is 8.09. The van der Waals surface area contributed by atoms with E-state index in [-0.39, 0.29) is 0 Å². The zero-order chi connectivity index (χ0) is 12.2. The molecular formula is C13H7Br2NO. The Hall–Kier alpha value is -1.13. The third-order valence-electron chi connectivity index (χ3n) is 2.92. The Bertz CT molecular complexity index is 665. The molecule has 0 bridgehead atoms. The fraction of sp³-hybridized carbons (Fsp3) is 0. The van der Waals surface area contributed by atoms with Gasteiger partial charge in [0.1, 0.15) is 0 Å². The van der Waals surface area contributed by atoms with Crippen molar-refractivity contribution in [3.63, 3.8) is 0 Å². The van der Waals surface area contributed by atoms with Crippen LogP contribution in [0.5, 0.6) is 0 Å². The molecule has 1 aliphatic rings. The van der Waals surface area contributed by atoms with Gasteiger partial charge in [0.15, 0.2) is 0 Å². The lowest BCUT2D eigenvalue weighted by Crippen LogP contribution is -2.16. The molecule has 3 rings (SSSR count). The number of hydrogen-bond donors (Lipinski definition) is 1. The third-order valence-corrected chi connectivity index (χ3v) is 4.04. The normalized spacial score (nSPS) is 11.4. The molecule has 1 aliphatic carbocycles. The standard InChI is InChI=1S/C13H7Br2NO/c14-6-4-8-11(9(5-6)13(16)17)7-2-1-3-10(15)12(7)8/h1-5H,(H2,16,17). The second kappa shape index (κ2) is 3.68. The smallest absolute Gasteiger partial charge is 0.249 e. The Balaban J connectivity index is 2.34. The van der Waals surface area contributed by atoms with E-state index in [0.29, 0.717) is 5.56 Å². The highest BCUT2D eigenvalue weighted by molar-refractivity contribution is 9.10. The molecule has 0 fully saturated rings. The number of nitrogens with two attached hydrogens (primary N) is 1. The molecule has 0 spiro atoms. The highest BCUT2D eigenvalue weighted by Crippen LogP contribution is 2.52. The number of carbonyl (C=O) groups is 1. The zero-order valence-electron chi connectivity index (χ0n) is 8.63. The van der Waals surface area contributed by atoms with Crippen molar-refractivity contribution in [3.05, 3.63) is 44.8 Å². The maximum atomic E-state index is 11.4. The minimum absolute atomic E-state index is 0.395. The number of halogens is 2. The van der Waals surface area contributed by atoms with Crippen LogP contribution in [0.15, 0.2) is 39.3 Å². The molecule has 2 aromatic carbocycles. The molecule has 4 heteroatoms. The quantitative estimate of drug-likeness (QED) is 0.707. The number of carbonyl (C=O) groups excluding carboxylic acids is 1. The largest absolute Gasteiger partial charge is 0.366 e. The Morgan fingerprint density at radius 1 is 1.06 bits per heavy atom. The summed E-state index contributed by atoms with van der Waals surface area (Å²) in [6, 6.07) is 9.73. The summed E-state index contributed by atoms with van der Waals surface area (Å²) in [7, 11) is 0. The predicted octanol–water partition coefficient (Wildman–Crippen LogP) is 3.96. The highest BCUT2D eigenvalue weighted by atomic mass is 79.9. The van der Waals surface area contributed by atoms with E-state index in [2.05, 4.69) is 31.9 Å². The van der Waals surface area contributed by atoms with Gasteiger partial charge in [0, 0.05) is 25.6 Å². The lowest BCUT2D eigenvalue weighted by Gasteiger charge is -2.27. The van der Waals surface area contributed by atoms with Gasteiger partial charge in [-0.05, 0) is 29.3 Å². The molecule has 2 aromatic rings. The Morgan fingerprint density at radius 3 is 2.53 bits per heavy atom. The van der Waals surface area contributed by atoms with Crippen molar-refractivity contribution in [2.75, 3.05) is 0 Å². The summed E-state index contributed by atoms with van der Waals surface area (Å²) in [6.45, 7) is 0. The van der Waals surface area contributed by atoms with E-state index in [1.165, 1.54) is 0 Å². The second-order valence-corrected chi connectivity index (χ2v) is 5.67. The number of hydrogen-bond acceptors (Lipinski definition) is 1. The molecule has 2 N–H and O–H groups in total. The summed E-state index contributed by atoms with van der Waals surface area (Å²) in [6.07, 6.45) is 0. The molecule has 0 unspecified atom stereocenters. The van der Waals surface area contributed by atoms with Crippen molar-refractivity contribution in [2.45, 2.75) is 0 Å². The summed E-state index contributed by atoms with van der Waals surface area (Å²) in [4.78, 5) is 11.4. The molecule has 1 amide bonds. The van der Waals surface area contributed by atoms with Gasteiger partial charge in [-0.15, -0.1) is 0 Å². The van der Waals surface area contributed by atoms with Crippen molar-refractivity contribution in [1.29, 1.82) is 0 Å². The van der Waals surface area contributed by atoms with Crippen LogP contribution in [0, 0.1) is 0 Å². The maximum absolute atomic E-state index is 11.4. The van der Waals surface area contributed by atoms with E-state index in [1.807, 2.05) is 24.3 Å². The number of amides is 1. The molecule has 0 heterocycles. The van der Waals surface area contributed by atoms with E-state index in [4.69, 9.17) is 5.73 Å². The van der Waals surface area contributed by atoms with Crippen LogP contribution in [0.25, 0.3) is 22.3 Å². The van der Waals surface area contributed by atoms with Crippen LogP contribution in [0.3, 0.4) is 0 Å². The van der Waals surface area contributed by atoms with Gasteiger partial charge in [0.2, 0.25) is 5.91 Å². The van der Waals surface area contributed by atoms with Crippen LogP contribution >= 0.6 is 31.9 Å². The molecule has 0 saturated carbocycles. The highest BCUT2D eigenvalue weighted by Gasteiger charge is 2.29. The van der Waals surface area contributed by atoms with Gasteiger partial charge in [-0.25, -0.2) is 0 Å². The summed E-state index contributed by atoms with van der Waals surface area (Å²) < 4.78 is 1.91. The minimum Gasteiger partial charge on any atom is -0.366 e. The topological polar surface area (TPSA) is 43.1 Å². The summed E-state index contributed by atoms with van der Waals surface area (Å²) >= 11 is 6.92. The van der Waals surface area contributed by atoms with Crippen LogP contribution in [-0.4, -0.2) is 5.91 Å². The van der Waals surface area contributed by atoms with Gasteiger partial charge in [-0.1, -0.05) is 44.0 Å². The van der Waals surface area contributed by atoms with Gasteiger partial charge >= 0.3 is 0 Å². The molecule has 0 aliphatic heterocycles. The number of primary amides is 1. The van der Waals surface area contributed by atoms with Gasteiger partial charge < -0.3 is 5.73 Å². The first-order valence-corrected chi connectivity index (χ1v) is 6.61. The predicted molar refractivity (Wildman–Crippen MR) is 74.8 cm³/mol. The van der Waals surface area contributed by atoms with Crippen molar-refractivity contribution in [1.82, 2.24) is 0 Å². The molecule has 0 aromatic heterocycles. The fourth-order valence-electron chi connectivity index (χ4n) is 2.23. The zero-order valence-corrected chi connectivity index (χ0v) is 11.8. The first-order valence-electron chi connectivity index (χ1n) is 5.02. The van der Waals surface area contributed by atoms with Crippen LogP contribution in [0.2, 0.25) is 0 Å². The van der Waals surface area contributed by atoms with E-state index in [1.54, 1.807) is 6.07 Å². The van der Waals surface area contributed by atoms with Crippen molar-refractivity contribution in [3.8, 4) is 22.3 Å². The summed E-state index contributed by atoms with van der Waals surface area (Å²) in [5.74, 6) is -0.395. The fourth-order valence-corrected chi connectivity index (χ4v) is 3.27. The van der Waals surface area contributed by atoms with Gasteiger partial charge in [-0.3, -0.25) is 4.79 Å². The molecule has 0 radical (unpaired) electrons. The lowest BCUT2D eigenvalue weighted by molar-refractivity contribution is 0.100. The molecular weight excluding hydrogens is 346 g/mol.